The molecular formula is C27H25N3O4S. The molecule has 8 heteroatoms. The van der Waals surface area contributed by atoms with Crippen LogP contribution in [0.1, 0.15) is 34.8 Å². The number of hydrogen-bond acceptors (Lipinski definition) is 5. The van der Waals surface area contributed by atoms with Gasteiger partial charge in [0.1, 0.15) is 10.6 Å². The molecule has 1 unspecified atom stereocenters. The van der Waals surface area contributed by atoms with E-state index in [1.807, 2.05) is 30.3 Å². The second-order valence-electron chi connectivity index (χ2n) is 8.55. The molecule has 1 heterocycles. The van der Waals surface area contributed by atoms with Gasteiger partial charge in [0, 0.05) is 11.6 Å². The lowest BCUT2D eigenvalue weighted by Crippen LogP contribution is -2.31. The van der Waals surface area contributed by atoms with E-state index in [9.17, 15) is 13.2 Å². The number of nitrogens with one attached hydrogen (secondary N) is 2. The summed E-state index contributed by atoms with van der Waals surface area (Å²) in [6.45, 7) is 0. The van der Waals surface area contributed by atoms with Crippen molar-refractivity contribution in [2.24, 2.45) is 5.92 Å². The first-order valence-electron chi connectivity index (χ1n) is 11.4. The first-order chi connectivity index (χ1) is 17.0. The van der Waals surface area contributed by atoms with Crippen molar-refractivity contribution in [2.75, 3.05) is 11.8 Å². The van der Waals surface area contributed by atoms with E-state index in [0.717, 1.165) is 18.4 Å². The molecule has 0 bridgehead atoms. The molecule has 178 valence electrons. The lowest BCUT2D eigenvalue weighted by atomic mass is 10.0. The van der Waals surface area contributed by atoms with Gasteiger partial charge < -0.3 is 10.1 Å². The number of pyridine rings is 1. The van der Waals surface area contributed by atoms with Crippen molar-refractivity contribution in [1.82, 2.24) is 10.3 Å². The summed E-state index contributed by atoms with van der Waals surface area (Å²) in [6.07, 6.45) is 3.62. The first kappa shape index (κ1) is 22.9. The van der Waals surface area contributed by atoms with E-state index >= 15 is 0 Å². The molecule has 0 radical (unpaired) electrons. The zero-order valence-electron chi connectivity index (χ0n) is 19.1. The number of rotatable bonds is 8. The molecule has 3 aromatic carbocycles. The third-order valence-corrected chi connectivity index (χ3v) is 7.54. The number of aromatic nitrogens is 1. The summed E-state index contributed by atoms with van der Waals surface area (Å²) in [5.41, 5.74) is 1.73. The van der Waals surface area contributed by atoms with Crippen LogP contribution in [0.2, 0.25) is 0 Å². The Morgan fingerprint density at radius 1 is 1.00 bits per heavy atom. The van der Waals surface area contributed by atoms with Gasteiger partial charge in [-0.15, -0.1) is 0 Å². The average molecular weight is 488 g/mol. The Bertz CT molecular complexity index is 1480. The Kier molecular flexibility index (Phi) is 6.13. The molecule has 2 N–H and O–H groups in total. The lowest BCUT2D eigenvalue weighted by Gasteiger charge is -2.20. The van der Waals surface area contributed by atoms with E-state index in [4.69, 9.17) is 4.74 Å². The molecule has 4 aromatic rings. The molecular weight excluding hydrogens is 462 g/mol. The fourth-order valence-electron chi connectivity index (χ4n) is 4.20. The SMILES string of the molecule is COc1ccc(NS(=O)(=O)c2cccc3cccnc23)c(C(=O)NC(c2ccccc2)C2CC2)c1. The molecule has 5 rings (SSSR count). The zero-order valence-corrected chi connectivity index (χ0v) is 20.0. The minimum Gasteiger partial charge on any atom is -0.497 e. The van der Waals surface area contributed by atoms with E-state index in [-0.39, 0.29) is 28.1 Å². The van der Waals surface area contributed by atoms with Crippen LogP contribution in [0.25, 0.3) is 10.9 Å². The Morgan fingerprint density at radius 3 is 2.51 bits per heavy atom. The van der Waals surface area contributed by atoms with Gasteiger partial charge in [0.2, 0.25) is 0 Å². The number of nitrogens with zero attached hydrogens (tertiary/aromatic N) is 1. The zero-order chi connectivity index (χ0) is 24.4. The summed E-state index contributed by atoms with van der Waals surface area (Å²) in [4.78, 5) is 17.8. The molecule has 1 amide bonds. The van der Waals surface area contributed by atoms with Crippen molar-refractivity contribution in [3.05, 3.63) is 96.2 Å². The van der Waals surface area contributed by atoms with Gasteiger partial charge in [-0.2, -0.15) is 0 Å². The van der Waals surface area contributed by atoms with Gasteiger partial charge in [-0.25, -0.2) is 8.42 Å². The first-order valence-corrected chi connectivity index (χ1v) is 12.8. The minimum atomic E-state index is -4.03. The highest BCUT2D eigenvalue weighted by Crippen LogP contribution is 2.41. The number of methoxy groups -OCH3 is 1. The van der Waals surface area contributed by atoms with Gasteiger partial charge in [-0.05, 0) is 54.7 Å². The fourth-order valence-corrected chi connectivity index (χ4v) is 5.46. The van der Waals surface area contributed by atoms with E-state index in [1.54, 1.807) is 48.7 Å². The molecule has 1 atom stereocenters. The summed E-state index contributed by atoms with van der Waals surface area (Å²) >= 11 is 0. The van der Waals surface area contributed by atoms with Crippen LogP contribution >= 0.6 is 0 Å². The standard InChI is InChI=1S/C27H25N3O4S/c1-34-21-14-15-23(30-35(32,33)24-11-5-9-19-10-6-16-28-26(19)24)22(17-21)27(31)29-25(20-12-13-20)18-7-3-2-4-8-18/h2-11,14-17,20,25,30H,12-13H2,1H3,(H,29,31). The largest absolute Gasteiger partial charge is 0.497 e. The van der Waals surface area contributed by atoms with Crippen molar-refractivity contribution >= 4 is 32.5 Å². The minimum absolute atomic E-state index is 0.0397. The number of anilines is 1. The summed E-state index contributed by atoms with van der Waals surface area (Å²) in [5.74, 6) is 0.430. The molecule has 1 aliphatic rings. The number of sulfonamides is 1. The molecule has 0 spiro atoms. The summed E-state index contributed by atoms with van der Waals surface area (Å²) < 4.78 is 34.7. The van der Waals surface area contributed by atoms with Crippen molar-refractivity contribution in [3.8, 4) is 5.75 Å². The predicted molar refractivity (Wildman–Crippen MR) is 135 cm³/mol. The number of para-hydroxylation sites is 1. The molecule has 0 saturated heterocycles. The van der Waals surface area contributed by atoms with E-state index in [0.29, 0.717) is 22.6 Å². The van der Waals surface area contributed by atoms with Crippen molar-refractivity contribution < 1.29 is 17.9 Å². The Morgan fingerprint density at radius 2 is 1.77 bits per heavy atom. The van der Waals surface area contributed by atoms with Gasteiger partial charge in [0.15, 0.2) is 0 Å². The number of fused-ring (bicyclic) bond motifs is 1. The molecule has 1 aromatic heterocycles. The smallest absolute Gasteiger partial charge is 0.264 e. The number of ether oxygens (including phenoxy) is 1. The number of amides is 1. The molecule has 1 saturated carbocycles. The monoisotopic (exact) mass is 487 g/mol. The molecule has 7 nitrogen and oxygen atoms in total. The third-order valence-electron chi connectivity index (χ3n) is 6.14. The lowest BCUT2D eigenvalue weighted by molar-refractivity contribution is 0.0932. The highest BCUT2D eigenvalue weighted by Gasteiger charge is 2.34. The molecule has 1 fully saturated rings. The molecule has 1 aliphatic carbocycles. The summed E-state index contributed by atoms with van der Waals surface area (Å²) in [5, 5.41) is 3.82. The summed E-state index contributed by atoms with van der Waals surface area (Å²) in [7, 11) is -2.53. The summed E-state index contributed by atoms with van der Waals surface area (Å²) in [6, 6.07) is 22.9. The van der Waals surface area contributed by atoms with Crippen molar-refractivity contribution in [1.29, 1.82) is 0 Å². The number of hydrogen-bond donors (Lipinski definition) is 2. The average Bonchev–Trinajstić information content (AvgIpc) is 3.72. The van der Waals surface area contributed by atoms with Crippen LogP contribution in [-0.2, 0) is 10.0 Å². The molecule has 0 aliphatic heterocycles. The van der Waals surface area contributed by atoms with Crippen molar-refractivity contribution in [3.63, 3.8) is 0 Å². The Labute approximate surface area is 204 Å². The van der Waals surface area contributed by atoms with Gasteiger partial charge in [-0.3, -0.25) is 14.5 Å². The third kappa shape index (κ3) is 4.83. The Hall–Kier alpha value is -3.91. The van der Waals surface area contributed by atoms with E-state index < -0.39 is 10.0 Å². The Balaban J connectivity index is 1.49. The topological polar surface area (TPSA) is 97.4 Å². The van der Waals surface area contributed by atoms with Gasteiger partial charge in [0.05, 0.1) is 29.9 Å². The van der Waals surface area contributed by atoms with Crippen LogP contribution in [0.4, 0.5) is 5.69 Å². The van der Waals surface area contributed by atoms with Gasteiger partial charge >= 0.3 is 0 Å². The number of carbonyl (C=O) groups is 1. The highest BCUT2D eigenvalue weighted by molar-refractivity contribution is 7.93. The van der Waals surface area contributed by atoms with Gasteiger partial charge in [0.25, 0.3) is 15.9 Å². The normalized spacial score (nSPS) is 14.3. The quantitative estimate of drug-likeness (QED) is 0.367. The number of carbonyl (C=O) groups excluding carboxylic acids is 1. The van der Waals surface area contributed by atoms with Crippen LogP contribution in [0.5, 0.6) is 5.75 Å². The maximum atomic E-state index is 13.5. The van der Waals surface area contributed by atoms with Crippen LogP contribution in [-0.4, -0.2) is 26.4 Å². The van der Waals surface area contributed by atoms with Crippen LogP contribution < -0.4 is 14.8 Å². The maximum absolute atomic E-state index is 13.5. The van der Waals surface area contributed by atoms with Gasteiger partial charge in [-0.1, -0.05) is 48.5 Å². The highest BCUT2D eigenvalue weighted by atomic mass is 32.2. The van der Waals surface area contributed by atoms with Crippen LogP contribution in [0, 0.1) is 5.92 Å². The van der Waals surface area contributed by atoms with Crippen molar-refractivity contribution in [2.45, 2.75) is 23.8 Å². The second-order valence-corrected chi connectivity index (χ2v) is 10.2. The van der Waals surface area contributed by atoms with Crippen LogP contribution in [0.3, 0.4) is 0 Å². The second kappa shape index (κ2) is 9.38. The van der Waals surface area contributed by atoms with E-state index in [1.165, 1.54) is 13.2 Å². The fraction of sp³-hybridized carbons (Fsp3) is 0.185. The molecule has 35 heavy (non-hydrogen) atoms. The predicted octanol–water partition coefficient (Wildman–Crippen LogP) is 4.93. The van der Waals surface area contributed by atoms with Crippen LogP contribution in [0.15, 0.2) is 90.0 Å². The number of benzene rings is 3. The van der Waals surface area contributed by atoms with E-state index in [2.05, 4.69) is 15.0 Å². The maximum Gasteiger partial charge on any atom is 0.264 e.